The summed E-state index contributed by atoms with van der Waals surface area (Å²) in [5, 5.41) is 8.04. The van der Waals surface area contributed by atoms with Gasteiger partial charge in [0, 0.05) is 0 Å². The van der Waals surface area contributed by atoms with Gasteiger partial charge in [-0.15, -0.1) is 23.2 Å². The number of nitriles is 1. The molecule has 2 unspecified atom stereocenters. The normalized spacial score (nSPS) is 14.5. The van der Waals surface area contributed by atoms with Gasteiger partial charge in [-0.2, -0.15) is 5.26 Å². The summed E-state index contributed by atoms with van der Waals surface area (Å²) in [6.45, 7) is 0. The predicted molar refractivity (Wildman–Crippen MR) is 60.3 cm³/mol. The van der Waals surface area contributed by atoms with Crippen molar-refractivity contribution in [3.05, 3.63) is 33.8 Å². The molecule has 0 heterocycles. The van der Waals surface area contributed by atoms with Crippen molar-refractivity contribution in [1.29, 1.82) is 5.26 Å². The fraction of sp³-hybridized carbons (Fsp3) is 0.222. The van der Waals surface area contributed by atoms with E-state index >= 15 is 0 Å². The van der Waals surface area contributed by atoms with E-state index in [-0.39, 0.29) is 0 Å². The molecule has 0 radical (unpaired) electrons. The van der Waals surface area contributed by atoms with Crippen LogP contribution in [0.1, 0.15) is 10.9 Å². The van der Waals surface area contributed by atoms with Crippen LogP contribution in [-0.4, -0.2) is 5.38 Å². The van der Waals surface area contributed by atoms with E-state index in [9.17, 15) is 0 Å². The van der Waals surface area contributed by atoms with Crippen LogP contribution in [0.4, 0.5) is 0 Å². The molecule has 14 heavy (non-hydrogen) atoms. The first-order chi connectivity index (χ1) is 6.56. The zero-order chi connectivity index (χ0) is 10.7. The van der Waals surface area contributed by atoms with Crippen LogP contribution in [0, 0.1) is 11.3 Å². The maximum atomic E-state index is 8.56. The Bertz CT molecular complexity index is 372. The van der Waals surface area contributed by atoms with Crippen LogP contribution in [0.5, 0.6) is 0 Å². The van der Waals surface area contributed by atoms with E-state index in [1.54, 1.807) is 18.2 Å². The second-order valence-electron chi connectivity index (χ2n) is 2.61. The van der Waals surface area contributed by atoms with E-state index in [2.05, 4.69) is 0 Å². The molecule has 0 amide bonds. The van der Waals surface area contributed by atoms with Crippen molar-refractivity contribution >= 4 is 46.4 Å². The Kier molecular flexibility index (Phi) is 4.34. The molecular weight excluding hydrogens is 264 g/mol. The summed E-state index contributed by atoms with van der Waals surface area (Å²) in [5.74, 6) is 0. The smallest absolute Gasteiger partial charge is 0.140 e. The van der Waals surface area contributed by atoms with E-state index in [1.165, 1.54) is 0 Å². The van der Waals surface area contributed by atoms with Gasteiger partial charge in [0.25, 0.3) is 0 Å². The highest BCUT2D eigenvalue weighted by molar-refractivity contribution is 6.42. The van der Waals surface area contributed by atoms with Crippen LogP contribution in [0.3, 0.4) is 0 Å². The lowest BCUT2D eigenvalue weighted by molar-refractivity contribution is 0.974. The fourth-order valence-corrected chi connectivity index (χ4v) is 1.56. The number of rotatable bonds is 2. The van der Waals surface area contributed by atoms with E-state index in [0.717, 1.165) is 0 Å². The first-order valence-electron chi connectivity index (χ1n) is 3.69. The molecule has 74 valence electrons. The topological polar surface area (TPSA) is 23.8 Å². The average molecular weight is 269 g/mol. The lowest BCUT2D eigenvalue weighted by Crippen LogP contribution is -2.04. The minimum absolute atomic E-state index is 0.400. The van der Waals surface area contributed by atoms with E-state index in [4.69, 9.17) is 51.7 Å². The molecule has 0 aromatic heterocycles. The summed E-state index contributed by atoms with van der Waals surface area (Å²) in [4.78, 5) is 0. The third kappa shape index (κ3) is 2.68. The quantitative estimate of drug-likeness (QED) is 0.729. The molecule has 0 aliphatic heterocycles. The number of halogens is 4. The molecule has 1 aromatic rings. The minimum atomic E-state index is -0.783. The molecular formula is C9H5Cl4N. The highest BCUT2D eigenvalue weighted by Crippen LogP contribution is 2.32. The molecule has 0 aliphatic rings. The number of nitrogens with zero attached hydrogens (tertiary/aromatic N) is 1. The lowest BCUT2D eigenvalue weighted by atomic mass is 10.1. The summed E-state index contributed by atoms with van der Waals surface area (Å²) in [5.41, 5.74) is 0.683. The second kappa shape index (κ2) is 5.09. The molecule has 0 fully saturated rings. The SMILES string of the molecule is N#CC(Cl)C(Cl)c1ccc(Cl)c(Cl)c1. The molecule has 0 bridgehead atoms. The molecule has 0 N–H and O–H groups in total. The third-order valence-electron chi connectivity index (χ3n) is 1.64. The first-order valence-corrected chi connectivity index (χ1v) is 5.32. The van der Waals surface area contributed by atoms with Gasteiger partial charge in [-0.3, -0.25) is 0 Å². The first kappa shape index (κ1) is 11.9. The Morgan fingerprint density at radius 1 is 1.14 bits per heavy atom. The Hall–Kier alpha value is -0.130. The van der Waals surface area contributed by atoms with Gasteiger partial charge in [0.2, 0.25) is 0 Å². The van der Waals surface area contributed by atoms with Crippen molar-refractivity contribution in [3.63, 3.8) is 0 Å². The third-order valence-corrected chi connectivity index (χ3v) is 3.36. The number of hydrogen-bond acceptors (Lipinski definition) is 1. The van der Waals surface area contributed by atoms with Crippen LogP contribution in [0.2, 0.25) is 10.0 Å². The highest BCUT2D eigenvalue weighted by Gasteiger charge is 2.18. The maximum Gasteiger partial charge on any atom is 0.140 e. The maximum absolute atomic E-state index is 8.56. The van der Waals surface area contributed by atoms with Crippen molar-refractivity contribution in [1.82, 2.24) is 0 Å². The van der Waals surface area contributed by atoms with Crippen molar-refractivity contribution in [2.24, 2.45) is 0 Å². The van der Waals surface area contributed by atoms with E-state index < -0.39 is 10.8 Å². The molecule has 0 aliphatic carbocycles. The Morgan fingerprint density at radius 2 is 1.79 bits per heavy atom. The van der Waals surface area contributed by atoms with E-state index in [1.807, 2.05) is 6.07 Å². The van der Waals surface area contributed by atoms with Crippen molar-refractivity contribution in [2.45, 2.75) is 10.8 Å². The van der Waals surface area contributed by atoms with Crippen LogP contribution in [0.25, 0.3) is 0 Å². The molecule has 1 nitrogen and oxygen atoms in total. The monoisotopic (exact) mass is 267 g/mol. The summed E-state index contributed by atoms with van der Waals surface area (Å²) in [6, 6.07) is 6.77. The summed E-state index contributed by atoms with van der Waals surface area (Å²) < 4.78 is 0. The molecule has 1 rings (SSSR count). The predicted octanol–water partition coefficient (Wildman–Crippen LogP) is 4.40. The van der Waals surface area contributed by atoms with Crippen molar-refractivity contribution in [2.75, 3.05) is 0 Å². The van der Waals surface area contributed by atoms with Gasteiger partial charge in [-0.1, -0.05) is 29.3 Å². The zero-order valence-corrected chi connectivity index (χ0v) is 9.87. The van der Waals surface area contributed by atoms with Gasteiger partial charge in [0.1, 0.15) is 5.38 Å². The van der Waals surface area contributed by atoms with Gasteiger partial charge in [0.15, 0.2) is 0 Å². The Balaban J connectivity index is 2.98. The van der Waals surface area contributed by atoms with Gasteiger partial charge >= 0.3 is 0 Å². The van der Waals surface area contributed by atoms with Crippen LogP contribution < -0.4 is 0 Å². The van der Waals surface area contributed by atoms with Crippen LogP contribution in [0.15, 0.2) is 18.2 Å². The van der Waals surface area contributed by atoms with Crippen LogP contribution >= 0.6 is 46.4 Å². The number of alkyl halides is 2. The number of benzene rings is 1. The van der Waals surface area contributed by atoms with Crippen molar-refractivity contribution < 1.29 is 0 Å². The largest absolute Gasteiger partial charge is 0.197 e. The van der Waals surface area contributed by atoms with Crippen molar-refractivity contribution in [3.8, 4) is 6.07 Å². The van der Waals surface area contributed by atoms with Gasteiger partial charge in [-0.05, 0) is 17.7 Å². The molecule has 0 saturated carbocycles. The fourth-order valence-electron chi connectivity index (χ4n) is 0.918. The van der Waals surface area contributed by atoms with E-state index in [0.29, 0.717) is 15.6 Å². The molecule has 1 aromatic carbocycles. The Morgan fingerprint density at radius 3 is 2.29 bits per heavy atom. The summed E-state index contributed by atoms with van der Waals surface area (Å²) >= 11 is 23.1. The highest BCUT2D eigenvalue weighted by atomic mass is 35.5. The summed E-state index contributed by atoms with van der Waals surface area (Å²) in [7, 11) is 0. The molecule has 5 heteroatoms. The van der Waals surface area contributed by atoms with Gasteiger partial charge in [0.05, 0.1) is 21.5 Å². The molecule has 2 atom stereocenters. The molecule has 0 saturated heterocycles. The standard InChI is InChI=1S/C9H5Cl4N/c10-6-2-1-5(3-7(6)11)9(13)8(12)4-14/h1-3,8-9H. The lowest BCUT2D eigenvalue weighted by Gasteiger charge is -2.10. The summed E-state index contributed by atoms with van der Waals surface area (Å²) in [6.07, 6.45) is 0. The van der Waals surface area contributed by atoms with Gasteiger partial charge in [-0.25, -0.2) is 0 Å². The van der Waals surface area contributed by atoms with Gasteiger partial charge < -0.3 is 0 Å². The minimum Gasteiger partial charge on any atom is -0.197 e. The zero-order valence-electron chi connectivity index (χ0n) is 6.85. The number of hydrogen-bond donors (Lipinski definition) is 0. The van der Waals surface area contributed by atoms with Crippen LogP contribution in [-0.2, 0) is 0 Å². The molecule has 0 spiro atoms. The average Bonchev–Trinajstić information content (AvgIpc) is 2.20. The second-order valence-corrected chi connectivity index (χ2v) is 4.36. The Labute approximate surface area is 102 Å².